The molecule has 0 radical (unpaired) electrons. The van der Waals surface area contributed by atoms with Crippen molar-refractivity contribution < 1.29 is 0 Å². The maximum Gasteiger partial charge on any atom is 0.0727 e. The van der Waals surface area contributed by atoms with Crippen molar-refractivity contribution in [2.45, 2.75) is 46.5 Å². The molecule has 11 aromatic carbocycles. The molecule has 0 aromatic heterocycles. The maximum absolute atomic E-state index is 2.53. The quantitative estimate of drug-likeness (QED) is 0.135. The molecule has 0 saturated carbocycles. The number of benzene rings is 11. The molecule has 80 heavy (non-hydrogen) atoms. The Labute approximate surface area is 472 Å². The van der Waals surface area contributed by atoms with E-state index < -0.39 is 5.41 Å². The predicted octanol–water partition coefficient (Wildman–Crippen LogP) is 21.3. The first-order chi connectivity index (χ1) is 39.3. The third kappa shape index (κ3) is 7.84. The average molecular weight is 1030 g/mol. The van der Waals surface area contributed by atoms with Gasteiger partial charge >= 0.3 is 0 Å². The molecule has 0 amide bonds. The molecule has 2 atom stereocenters. The van der Waals surface area contributed by atoms with E-state index in [4.69, 9.17) is 0 Å². The average Bonchev–Trinajstić information content (AvgIpc) is 3.88. The molecule has 14 rings (SSSR count). The van der Waals surface area contributed by atoms with E-state index in [0.717, 1.165) is 40.5 Å². The molecule has 2 heteroatoms. The summed E-state index contributed by atoms with van der Waals surface area (Å²) >= 11 is 0. The summed E-state index contributed by atoms with van der Waals surface area (Å²) < 4.78 is 0. The molecule has 0 heterocycles. The van der Waals surface area contributed by atoms with E-state index in [2.05, 4.69) is 311 Å². The summed E-state index contributed by atoms with van der Waals surface area (Å²) in [5.74, 6) is 0.489. The Morgan fingerprint density at radius 1 is 0.338 bits per heavy atom. The van der Waals surface area contributed by atoms with Crippen LogP contribution in [0.5, 0.6) is 0 Å². The zero-order chi connectivity index (χ0) is 54.1. The summed E-state index contributed by atoms with van der Waals surface area (Å²) in [5.41, 5.74) is 31.4. The van der Waals surface area contributed by atoms with E-state index in [0.29, 0.717) is 5.92 Å². The van der Waals surface area contributed by atoms with Crippen molar-refractivity contribution in [1.82, 2.24) is 0 Å². The Bertz CT molecular complexity index is 4260. The number of hydrogen-bond donors (Lipinski definition) is 0. The normalized spacial score (nSPS) is 15.6. The lowest BCUT2D eigenvalue weighted by atomic mass is 9.70. The lowest BCUT2D eigenvalue weighted by Gasteiger charge is -2.33. The first-order valence-corrected chi connectivity index (χ1v) is 28.3. The largest absolute Gasteiger partial charge is 0.310 e. The fourth-order valence-corrected chi connectivity index (χ4v) is 13.5. The lowest BCUT2D eigenvalue weighted by molar-refractivity contribution is 0.690. The molecule has 0 saturated heterocycles. The number of hydrogen-bond acceptors (Lipinski definition) is 2. The summed E-state index contributed by atoms with van der Waals surface area (Å²) in [7, 11) is 0. The molecule has 384 valence electrons. The molecular weight excluding hydrogens is 965 g/mol. The molecule has 1 spiro atoms. The smallest absolute Gasteiger partial charge is 0.0727 e. The van der Waals surface area contributed by atoms with E-state index in [9.17, 15) is 0 Å². The van der Waals surface area contributed by atoms with Crippen LogP contribution in [0.2, 0.25) is 0 Å². The zero-order valence-corrected chi connectivity index (χ0v) is 46.1. The number of anilines is 6. The van der Waals surface area contributed by atoms with Crippen LogP contribution in [0.1, 0.15) is 64.8 Å². The minimum absolute atomic E-state index is 0.489. The van der Waals surface area contributed by atoms with Gasteiger partial charge in [0.1, 0.15) is 0 Å². The van der Waals surface area contributed by atoms with Crippen LogP contribution in [0.25, 0.3) is 61.2 Å². The SMILES string of the molecule is CC1=C(c2cc(N(c3ccc(-c4ccccc4)cc3)c3cccc4c3-c3ccccc3C43c4ccccc4-c4c(N(c5ccc(-c6ccccc6)cc5)c5ccc(C)c(-c6ccccc6C)c5)cccc43)ccc2C)C=CCC1C. The van der Waals surface area contributed by atoms with Crippen LogP contribution in [0, 0.1) is 26.7 Å². The van der Waals surface area contributed by atoms with Gasteiger partial charge in [-0.1, -0.05) is 219 Å². The summed E-state index contributed by atoms with van der Waals surface area (Å²) in [4.78, 5) is 5.04. The lowest BCUT2D eigenvalue weighted by Crippen LogP contribution is -2.26. The Kier molecular flexibility index (Phi) is 12.1. The topological polar surface area (TPSA) is 6.48 Å². The third-order valence-corrected chi connectivity index (χ3v) is 17.7. The molecule has 0 aliphatic heterocycles. The fraction of sp³-hybridized carbons (Fsp3) is 0.103. The third-order valence-electron chi connectivity index (χ3n) is 17.7. The summed E-state index contributed by atoms with van der Waals surface area (Å²) in [5, 5.41) is 0. The maximum atomic E-state index is 2.53. The molecular formula is C78H62N2. The highest BCUT2D eigenvalue weighted by molar-refractivity contribution is 6.05. The molecule has 0 fully saturated rings. The summed E-state index contributed by atoms with van der Waals surface area (Å²) in [6.45, 7) is 11.4. The van der Waals surface area contributed by atoms with Crippen LogP contribution in [-0.4, -0.2) is 0 Å². The Morgan fingerprint density at radius 2 is 0.738 bits per heavy atom. The monoisotopic (exact) mass is 1030 g/mol. The number of aryl methyl sites for hydroxylation is 3. The van der Waals surface area contributed by atoms with Gasteiger partial charge in [-0.15, -0.1) is 0 Å². The van der Waals surface area contributed by atoms with Gasteiger partial charge in [-0.25, -0.2) is 0 Å². The highest BCUT2D eigenvalue weighted by atomic mass is 15.2. The van der Waals surface area contributed by atoms with E-state index in [1.54, 1.807) is 0 Å². The van der Waals surface area contributed by atoms with Crippen molar-refractivity contribution in [3.8, 4) is 55.6 Å². The van der Waals surface area contributed by atoms with Crippen molar-refractivity contribution in [3.63, 3.8) is 0 Å². The molecule has 3 aliphatic rings. The second-order valence-electron chi connectivity index (χ2n) is 22.2. The Balaban J connectivity index is 1.00. The number of fused-ring (bicyclic) bond motifs is 10. The predicted molar refractivity (Wildman–Crippen MR) is 338 cm³/mol. The highest BCUT2D eigenvalue weighted by Gasteiger charge is 2.53. The van der Waals surface area contributed by atoms with Gasteiger partial charge in [-0.2, -0.15) is 0 Å². The minimum Gasteiger partial charge on any atom is -0.310 e. The van der Waals surface area contributed by atoms with Gasteiger partial charge in [-0.05, 0) is 195 Å². The van der Waals surface area contributed by atoms with Crippen molar-refractivity contribution in [2.24, 2.45) is 5.92 Å². The first kappa shape index (κ1) is 48.8. The van der Waals surface area contributed by atoms with Gasteiger partial charge in [0.15, 0.2) is 0 Å². The van der Waals surface area contributed by atoms with Gasteiger partial charge in [0.2, 0.25) is 0 Å². The van der Waals surface area contributed by atoms with Crippen molar-refractivity contribution >= 4 is 39.7 Å². The van der Waals surface area contributed by atoms with Gasteiger partial charge in [0.25, 0.3) is 0 Å². The van der Waals surface area contributed by atoms with E-state index in [1.807, 2.05) is 0 Å². The fourth-order valence-electron chi connectivity index (χ4n) is 13.5. The van der Waals surface area contributed by atoms with Crippen LogP contribution in [-0.2, 0) is 5.41 Å². The van der Waals surface area contributed by atoms with Gasteiger partial charge < -0.3 is 9.80 Å². The van der Waals surface area contributed by atoms with Crippen LogP contribution in [0.15, 0.2) is 273 Å². The van der Waals surface area contributed by atoms with E-state index in [-0.39, 0.29) is 0 Å². The Morgan fingerprint density at radius 3 is 1.25 bits per heavy atom. The zero-order valence-electron chi connectivity index (χ0n) is 46.1. The van der Waals surface area contributed by atoms with Crippen LogP contribution >= 0.6 is 0 Å². The number of rotatable bonds is 10. The molecule has 11 aromatic rings. The highest BCUT2D eigenvalue weighted by Crippen LogP contribution is 2.66. The second-order valence-corrected chi connectivity index (χ2v) is 22.2. The van der Waals surface area contributed by atoms with Gasteiger partial charge in [0.05, 0.1) is 16.8 Å². The van der Waals surface area contributed by atoms with Crippen molar-refractivity contribution in [3.05, 3.63) is 317 Å². The van der Waals surface area contributed by atoms with Crippen LogP contribution < -0.4 is 9.80 Å². The molecule has 2 nitrogen and oxygen atoms in total. The number of nitrogens with zero attached hydrogens (tertiary/aromatic N) is 2. The van der Waals surface area contributed by atoms with Crippen molar-refractivity contribution in [1.29, 1.82) is 0 Å². The molecule has 3 aliphatic carbocycles. The van der Waals surface area contributed by atoms with Crippen molar-refractivity contribution in [2.75, 3.05) is 9.80 Å². The first-order valence-electron chi connectivity index (χ1n) is 28.3. The number of allylic oxidation sites excluding steroid dienone is 4. The summed E-state index contributed by atoms with van der Waals surface area (Å²) in [6.07, 6.45) is 5.78. The van der Waals surface area contributed by atoms with Gasteiger partial charge in [-0.3, -0.25) is 0 Å². The van der Waals surface area contributed by atoms with Crippen LogP contribution in [0.4, 0.5) is 34.1 Å². The van der Waals surface area contributed by atoms with Gasteiger partial charge in [0, 0.05) is 33.9 Å². The van der Waals surface area contributed by atoms with E-state index in [1.165, 1.54) is 111 Å². The molecule has 0 N–H and O–H groups in total. The minimum atomic E-state index is -0.626. The molecule has 2 unspecified atom stereocenters. The van der Waals surface area contributed by atoms with E-state index >= 15 is 0 Å². The second kappa shape index (κ2) is 19.7. The Hall–Kier alpha value is -9.50. The van der Waals surface area contributed by atoms with Crippen LogP contribution in [0.3, 0.4) is 0 Å². The molecule has 0 bridgehead atoms. The standard InChI is InChI=1S/C78H62N2/c1-51-22-18-30-65(55(51)5)69-50-63(44-38-54(69)4)80(61-47-41-59(42-48-61)57-25-10-7-11-26-57)75-36-20-34-73-77(75)67-29-15-17-32-71(67)78(73)70-31-16-14-28-66(70)76-72(78)33-19-35-74(76)79(60-45-39-58(40-46-60)56-23-8-6-9-24-56)62-43-37-53(3)68(49-62)64-27-13-12-21-52(64)2/h6-21,23-51H,22H2,1-5H3. The summed E-state index contributed by atoms with van der Waals surface area (Å²) in [6, 6.07) is 95.3.